The molecule has 0 spiro atoms. The molecule has 30 heavy (non-hydrogen) atoms. The van der Waals surface area contributed by atoms with Crippen LogP contribution >= 0.6 is 11.6 Å². The Bertz CT molecular complexity index is 1100. The third-order valence-electron chi connectivity index (χ3n) is 4.11. The summed E-state index contributed by atoms with van der Waals surface area (Å²) in [5.41, 5.74) is 4.09. The number of aromatic hydroxyl groups is 1. The number of benzene rings is 3. The van der Waals surface area contributed by atoms with E-state index in [-0.39, 0.29) is 11.7 Å². The number of nitrogens with one attached hydrogen (secondary N) is 2. The van der Waals surface area contributed by atoms with Gasteiger partial charge in [-0.1, -0.05) is 23.7 Å². The monoisotopic (exact) mass is 423 g/mol. The van der Waals surface area contributed by atoms with Crippen molar-refractivity contribution < 1.29 is 19.4 Å². The Morgan fingerprint density at radius 2 is 1.73 bits per heavy atom. The van der Waals surface area contributed by atoms with Crippen LogP contribution < -0.4 is 15.5 Å². The van der Waals surface area contributed by atoms with Gasteiger partial charge in [-0.15, -0.1) is 0 Å². The summed E-state index contributed by atoms with van der Waals surface area (Å²) in [6.45, 7) is 0. The smallest absolute Gasteiger partial charge is 0.271 e. The number of hydrogen-bond donors (Lipinski definition) is 3. The van der Waals surface area contributed by atoms with Crippen molar-refractivity contribution in [3.63, 3.8) is 0 Å². The molecule has 152 valence electrons. The van der Waals surface area contributed by atoms with Gasteiger partial charge in [-0.05, 0) is 54.6 Å². The number of amides is 2. The van der Waals surface area contributed by atoms with E-state index in [0.29, 0.717) is 33.1 Å². The number of hydrazone groups is 1. The predicted molar refractivity (Wildman–Crippen MR) is 116 cm³/mol. The number of carbonyl (C=O) groups is 2. The lowest BCUT2D eigenvalue weighted by molar-refractivity contribution is 0.0954. The molecule has 3 rings (SSSR count). The molecule has 2 amide bonds. The van der Waals surface area contributed by atoms with Crippen LogP contribution in [-0.2, 0) is 0 Å². The van der Waals surface area contributed by atoms with Gasteiger partial charge < -0.3 is 15.2 Å². The number of para-hydroxylation sites is 1. The Hall–Kier alpha value is -3.84. The third kappa shape index (κ3) is 5.15. The van der Waals surface area contributed by atoms with Gasteiger partial charge in [0, 0.05) is 27.4 Å². The van der Waals surface area contributed by atoms with E-state index in [1.54, 1.807) is 66.7 Å². The first kappa shape index (κ1) is 20.9. The van der Waals surface area contributed by atoms with E-state index in [9.17, 15) is 14.7 Å². The quantitative estimate of drug-likeness (QED) is 0.411. The van der Waals surface area contributed by atoms with Crippen molar-refractivity contribution in [1.29, 1.82) is 0 Å². The number of ether oxygens (including phenoxy) is 1. The summed E-state index contributed by atoms with van der Waals surface area (Å²) >= 11 is 5.90. The molecule has 0 aliphatic rings. The van der Waals surface area contributed by atoms with Crippen molar-refractivity contribution in [2.24, 2.45) is 5.10 Å². The molecule has 0 atom stereocenters. The van der Waals surface area contributed by atoms with Crippen molar-refractivity contribution in [2.45, 2.75) is 0 Å². The molecule has 0 radical (unpaired) electrons. The van der Waals surface area contributed by atoms with Gasteiger partial charge in [0.05, 0.1) is 13.3 Å². The van der Waals surface area contributed by atoms with Crippen LogP contribution in [0.1, 0.15) is 26.3 Å². The molecular formula is C22H18ClN3O4. The number of methoxy groups -OCH3 is 1. The zero-order chi connectivity index (χ0) is 21.5. The van der Waals surface area contributed by atoms with Gasteiger partial charge in [-0.3, -0.25) is 9.59 Å². The largest absolute Gasteiger partial charge is 0.504 e. The second-order valence-corrected chi connectivity index (χ2v) is 6.58. The summed E-state index contributed by atoms with van der Waals surface area (Å²) in [5.74, 6) is -0.516. The van der Waals surface area contributed by atoms with Gasteiger partial charge in [0.1, 0.15) is 0 Å². The van der Waals surface area contributed by atoms with Crippen molar-refractivity contribution >= 4 is 35.3 Å². The van der Waals surface area contributed by atoms with E-state index in [1.165, 1.54) is 13.3 Å². The maximum absolute atomic E-state index is 12.2. The van der Waals surface area contributed by atoms with Crippen LogP contribution in [0.25, 0.3) is 0 Å². The fourth-order valence-corrected chi connectivity index (χ4v) is 2.76. The van der Waals surface area contributed by atoms with E-state index in [4.69, 9.17) is 16.3 Å². The summed E-state index contributed by atoms with van der Waals surface area (Å²) in [6, 6.07) is 17.9. The van der Waals surface area contributed by atoms with E-state index in [0.717, 1.165) is 0 Å². The van der Waals surface area contributed by atoms with Gasteiger partial charge >= 0.3 is 0 Å². The minimum atomic E-state index is -0.443. The number of phenols is 1. The summed E-state index contributed by atoms with van der Waals surface area (Å²) in [5, 5.41) is 17.1. The Balaban J connectivity index is 1.60. The Labute approximate surface area is 178 Å². The normalized spacial score (nSPS) is 10.6. The minimum Gasteiger partial charge on any atom is -0.504 e. The lowest BCUT2D eigenvalue weighted by atomic mass is 10.1. The highest BCUT2D eigenvalue weighted by Gasteiger charge is 2.09. The van der Waals surface area contributed by atoms with Gasteiger partial charge in [-0.25, -0.2) is 5.43 Å². The molecule has 0 heterocycles. The second kappa shape index (κ2) is 9.58. The van der Waals surface area contributed by atoms with E-state index < -0.39 is 5.91 Å². The zero-order valence-corrected chi connectivity index (χ0v) is 16.7. The summed E-state index contributed by atoms with van der Waals surface area (Å²) in [7, 11) is 1.44. The number of carbonyl (C=O) groups excluding carboxylic acids is 2. The molecule has 8 heteroatoms. The van der Waals surface area contributed by atoms with Crippen LogP contribution in [-0.4, -0.2) is 30.2 Å². The van der Waals surface area contributed by atoms with Crippen molar-refractivity contribution in [1.82, 2.24) is 5.43 Å². The lowest BCUT2D eigenvalue weighted by Gasteiger charge is -2.07. The van der Waals surface area contributed by atoms with Gasteiger partial charge in [-0.2, -0.15) is 5.10 Å². The van der Waals surface area contributed by atoms with Crippen molar-refractivity contribution in [2.75, 3.05) is 12.4 Å². The molecule has 3 aromatic carbocycles. The highest BCUT2D eigenvalue weighted by Crippen LogP contribution is 2.27. The molecule has 0 bridgehead atoms. The first-order chi connectivity index (χ1) is 14.5. The fraction of sp³-hybridized carbons (Fsp3) is 0.0455. The standard InChI is InChI=1S/C22H18ClN3O4/c1-30-19-7-3-5-16(20(19)27)13-24-26-22(29)14-8-10-18(11-9-14)25-21(28)15-4-2-6-17(23)12-15/h2-13,27H,1H3,(H,25,28)(H,26,29)/b24-13+. The molecule has 0 aliphatic carbocycles. The maximum Gasteiger partial charge on any atom is 0.271 e. The number of rotatable bonds is 6. The highest BCUT2D eigenvalue weighted by molar-refractivity contribution is 6.31. The molecule has 7 nitrogen and oxygen atoms in total. The number of halogens is 1. The van der Waals surface area contributed by atoms with Crippen LogP contribution in [0, 0.1) is 0 Å². The third-order valence-corrected chi connectivity index (χ3v) is 4.35. The topological polar surface area (TPSA) is 100 Å². The molecule has 0 aliphatic heterocycles. The number of anilines is 1. The van der Waals surface area contributed by atoms with Crippen LogP contribution in [0.4, 0.5) is 5.69 Å². The fourth-order valence-electron chi connectivity index (χ4n) is 2.57. The van der Waals surface area contributed by atoms with Crippen LogP contribution in [0.3, 0.4) is 0 Å². The first-order valence-corrected chi connectivity index (χ1v) is 9.22. The number of phenolic OH excluding ortho intramolecular Hbond substituents is 1. The number of nitrogens with zero attached hydrogens (tertiary/aromatic N) is 1. The summed E-state index contributed by atoms with van der Waals surface area (Å²) in [4.78, 5) is 24.5. The number of hydrogen-bond acceptors (Lipinski definition) is 5. The molecule has 0 saturated heterocycles. The average Bonchev–Trinajstić information content (AvgIpc) is 2.75. The molecule has 0 saturated carbocycles. The molecular weight excluding hydrogens is 406 g/mol. The summed E-state index contributed by atoms with van der Waals surface area (Å²) < 4.78 is 5.02. The van der Waals surface area contributed by atoms with Gasteiger partial charge in [0.15, 0.2) is 11.5 Å². The lowest BCUT2D eigenvalue weighted by Crippen LogP contribution is -2.18. The molecule has 0 aromatic heterocycles. The average molecular weight is 424 g/mol. The van der Waals surface area contributed by atoms with Gasteiger partial charge in [0.25, 0.3) is 11.8 Å². The maximum atomic E-state index is 12.2. The van der Waals surface area contributed by atoms with E-state index in [1.807, 2.05) is 0 Å². The van der Waals surface area contributed by atoms with Gasteiger partial charge in [0.2, 0.25) is 0 Å². The SMILES string of the molecule is COc1cccc(/C=N/NC(=O)c2ccc(NC(=O)c3cccc(Cl)c3)cc2)c1O. The predicted octanol–water partition coefficient (Wildman–Crippen LogP) is 4.07. The minimum absolute atomic E-state index is 0.0715. The van der Waals surface area contributed by atoms with Crippen LogP contribution in [0.15, 0.2) is 71.8 Å². The molecule has 0 unspecified atom stereocenters. The Morgan fingerprint density at radius 1 is 1.00 bits per heavy atom. The summed E-state index contributed by atoms with van der Waals surface area (Å²) in [6.07, 6.45) is 1.31. The molecule has 3 N–H and O–H groups in total. The van der Waals surface area contributed by atoms with Crippen LogP contribution in [0.2, 0.25) is 5.02 Å². The Kier molecular flexibility index (Phi) is 6.67. The molecule has 3 aromatic rings. The Morgan fingerprint density at radius 3 is 2.43 bits per heavy atom. The highest BCUT2D eigenvalue weighted by atomic mass is 35.5. The van der Waals surface area contributed by atoms with Crippen molar-refractivity contribution in [3.8, 4) is 11.5 Å². The van der Waals surface area contributed by atoms with E-state index >= 15 is 0 Å². The van der Waals surface area contributed by atoms with E-state index in [2.05, 4.69) is 15.8 Å². The first-order valence-electron chi connectivity index (χ1n) is 8.84. The van der Waals surface area contributed by atoms with Crippen molar-refractivity contribution in [3.05, 3.63) is 88.4 Å². The zero-order valence-electron chi connectivity index (χ0n) is 15.9. The second-order valence-electron chi connectivity index (χ2n) is 6.14. The molecule has 0 fully saturated rings. The van der Waals surface area contributed by atoms with Crippen LogP contribution in [0.5, 0.6) is 11.5 Å².